The molecule has 18 heavy (non-hydrogen) atoms. The minimum Gasteiger partial charge on any atom is -0.294 e. The quantitative estimate of drug-likeness (QED) is 0.839. The first-order chi connectivity index (χ1) is 8.50. The van der Waals surface area contributed by atoms with Gasteiger partial charge in [0.2, 0.25) is 5.28 Å². The highest BCUT2D eigenvalue weighted by atomic mass is 35.5. The van der Waals surface area contributed by atoms with Gasteiger partial charge in [-0.1, -0.05) is 43.7 Å². The van der Waals surface area contributed by atoms with Crippen LogP contribution in [0, 0.1) is 6.92 Å². The molecule has 0 aliphatic rings. The molecule has 2 rings (SSSR count). The van der Waals surface area contributed by atoms with Crippen LogP contribution in [0.1, 0.15) is 49.7 Å². The molecule has 0 N–H and O–H groups in total. The Balaban J connectivity index is 2.42. The van der Waals surface area contributed by atoms with Crippen LogP contribution in [-0.2, 0) is 0 Å². The maximum Gasteiger partial charge on any atom is 0.225 e. The van der Waals surface area contributed by atoms with Gasteiger partial charge in [0, 0.05) is 5.92 Å². The van der Waals surface area contributed by atoms with E-state index in [2.05, 4.69) is 62.2 Å². The lowest BCUT2D eigenvalue weighted by Gasteiger charge is -2.18. The predicted molar refractivity (Wildman–Crippen MR) is 74.1 cm³/mol. The topological polar surface area (TPSA) is 30.7 Å². The summed E-state index contributed by atoms with van der Waals surface area (Å²) in [5, 5.41) is 8.59. The highest BCUT2D eigenvalue weighted by Gasteiger charge is 2.19. The van der Waals surface area contributed by atoms with Crippen molar-refractivity contribution < 1.29 is 0 Å². The molecule has 0 fully saturated rings. The number of hydrogen-bond acceptors (Lipinski definition) is 2. The smallest absolute Gasteiger partial charge is 0.225 e. The molecule has 0 saturated carbocycles. The van der Waals surface area contributed by atoms with Gasteiger partial charge >= 0.3 is 0 Å². The average molecular weight is 264 g/mol. The van der Waals surface area contributed by atoms with Gasteiger partial charge in [-0.05, 0) is 31.0 Å². The van der Waals surface area contributed by atoms with Crippen molar-refractivity contribution in [3.63, 3.8) is 0 Å². The van der Waals surface area contributed by atoms with Crippen LogP contribution in [0.2, 0.25) is 5.28 Å². The van der Waals surface area contributed by atoms with Crippen LogP contribution in [0.25, 0.3) is 0 Å². The van der Waals surface area contributed by atoms with Crippen LogP contribution in [-0.4, -0.2) is 14.8 Å². The molecule has 0 radical (unpaired) electrons. The molecule has 0 aliphatic heterocycles. The molecule has 1 aromatic carbocycles. The van der Waals surface area contributed by atoms with Gasteiger partial charge < -0.3 is 0 Å². The zero-order chi connectivity index (χ0) is 13.3. The second-order valence-electron chi connectivity index (χ2n) is 4.94. The van der Waals surface area contributed by atoms with Gasteiger partial charge in [-0.2, -0.15) is 0 Å². The molecule has 1 aromatic heterocycles. The third-order valence-corrected chi connectivity index (χ3v) is 3.40. The van der Waals surface area contributed by atoms with E-state index in [1.165, 1.54) is 11.1 Å². The first-order valence-corrected chi connectivity index (χ1v) is 6.55. The third kappa shape index (κ3) is 2.41. The van der Waals surface area contributed by atoms with Gasteiger partial charge in [-0.3, -0.25) is 4.57 Å². The van der Waals surface area contributed by atoms with E-state index < -0.39 is 0 Å². The van der Waals surface area contributed by atoms with Crippen LogP contribution < -0.4 is 0 Å². The normalized spacial score (nSPS) is 13.0. The molecular weight excluding hydrogens is 246 g/mol. The summed E-state index contributed by atoms with van der Waals surface area (Å²) in [7, 11) is 0. The van der Waals surface area contributed by atoms with Crippen molar-refractivity contribution >= 4 is 11.6 Å². The maximum absolute atomic E-state index is 6.15. The Morgan fingerprint density at radius 1 is 1.06 bits per heavy atom. The fraction of sp³-hybridized carbons (Fsp3) is 0.429. The van der Waals surface area contributed by atoms with Gasteiger partial charge in [0.1, 0.15) is 5.82 Å². The SMILES string of the molecule is Cc1ccc(C(C)n2c(Cl)nnc2C(C)C)cc1. The lowest BCUT2D eigenvalue weighted by atomic mass is 10.1. The number of halogens is 1. The summed E-state index contributed by atoms with van der Waals surface area (Å²) in [6.45, 7) is 8.39. The Kier molecular flexibility index (Phi) is 3.71. The molecule has 1 unspecified atom stereocenters. The molecule has 0 saturated heterocycles. The minimum absolute atomic E-state index is 0.144. The summed E-state index contributed by atoms with van der Waals surface area (Å²) < 4.78 is 2.00. The fourth-order valence-corrected chi connectivity index (χ4v) is 2.30. The van der Waals surface area contributed by atoms with Crippen LogP contribution >= 0.6 is 11.6 Å². The Bertz CT molecular complexity index is 528. The van der Waals surface area contributed by atoms with Crippen LogP contribution in [0.4, 0.5) is 0 Å². The lowest BCUT2D eigenvalue weighted by molar-refractivity contribution is 0.579. The summed E-state index contributed by atoms with van der Waals surface area (Å²) in [5.41, 5.74) is 2.47. The van der Waals surface area contributed by atoms with Gasteiger partial charge in [0.15, 0.2) is 0 Å². The van der Waals surface area contributed by atoms with E-state index in [0.29, 0.717) is 11.2 Å². The van der Waals surface area contributed by atoms with Crippen molar-refractivity contribution in [1.29, 1.82) is 0 Å². The van der Waals surface area contributed by atoms with Crippen molar-refractivity contribution in [3.05, 3.63) is 46.5 Å². The molecule has 0 spiro atoms. The summed E-state index contributed by atoms with van der Waals surface area (Å²) in [5.74, 6) is 1.23. The summed E-state index contributed by atoms with van der Waals surface area (Å²) >= 11 is 6.15. The largest absolute Gasteiger partial charge is 0.294 e. The Hall–Kier alpha value is -1.35. The standard InChI is InChI=1S/C14H18ClN3/c1-9(2)13-16-17-14(15)18(13)11(4)12-7-5-10(3)6-8-12/h5-9,11H,1-4H3. The van der Waals surface area contributed by atoms with Gasteiger partial charge in [0.05, 0.1) is 6.04 Å². The number of nitrogens with zero attached hydrogens (tertiary/aromatic N) is 3. The molecule has 0 bridgehead atoms. The molecule has 1 atom stereocenters. The molecule has 0 aliphatic carbocycles. The van der Waals surface area contributed by atoms with Crippen molar-refractivity contribution in [2.75, 3.05) is 0 Å². The van der Waals surface area contributed by atoms with Crippen molar-refractivity contribution in [3.8, 4) is 0 Å². The third-order valence-electron chi connectivity index (χ3n) is 3.14. The number of hydrogen-bond donors (Lipinski definition) is 0. The van der Waals surface area contributed by atoms with Crippen LogP contribution in [0.5, 0.6) is 0 Å². The maximum atomic E-state index is 6.15. The first-order valence-electron chi connectivity index (χ1n) is 6.17. The van der Waals surface area contributed by atoms with Gasteiger partial charge in [-0.15, -0.1) is 10.2 Å². The number of benzene rings is 1. The van der Waals surface area contributed by atoms with E-state index >= 15 is 0 Å². The van der Waals surface area contributed by atoms with E-state index in [0.717, 1.165) is 5.82 Å². The van der Waals surface area contributed by atoms with E-state index in [4.69, 9.17) is 11.6 Å². The summed E-state index contributed by atoms with van der Waals surface area (Å²) in [6.07, 6.45) is 0. The van der Waals surface area contributed by atoms with E-state index in [1.54, 1.807) is 0 Å². The van der Waals surface area contributed by atoms with Gasteiger partial charge in [-0.25, -0.2) is 0 Å². The second kappa shape index (κ2) is 5.11. The van der Waals surface area contributed by atoms with Crippen molar-refractivity contribution in [1.82, 2.24) is 14.8 Å². The van der Waals surface area contributed by atoms with Crippen LogP contribution in [0.3, 0.4) is 0 Å². The van der Waals surface area contributed by atoms with E-state index in [9.17, 15) is 0 Å². The summed E-state index contributed by atoms with van der Waals surface area (Å²) in [4.78, 5) is 0. The Morgan fingerprint density at radius 3 is 2.22 bits per heavy atom. The fourth-order valence-electron chi connectivity index (χ4n) is 2.03. The molecule has 2 aromatic rings. The average Bonchev–Trinajstić information content (AvgIpc) is 2.71. The highest BCUT2D eigenvalue weighted by Crippen LogP contribution is 2.26. The summed E-state index contributed by atoms with van der Waals surface area (Å²) in [6, 6.07) is 8.62. The molecule has 0 amide bonds. The Labute approximate surface area is 113 Å². The number of aromatic nitrogens is 3. The molecule has 4 heteroatoms. The van der Waals surface area contributed by atoms with Gasteiger partial charge in [0.25, 0.3) is 0 Å². The first kappa shape index (κ1) is 13.1. The monoisotopic (exact) mass is 263 g/mol. The molecule has 3 nitrogen and oxygen atoms in total. The zero-order valence-electron chi connectivity index (χ0n) is 11.2. The lowest BCUT2D eigenvalue weighted by Crippen LogP contribution is -2.12. The highest BCUT2D eigenvalue weighted by molar-refractivity contribution is 6.28. The Morgan fingerprint density at radius 2 is 1.67 bits per heavy atom. The number of rotatable bonds is 3. The van der Waals surface area contributed by atoms with Crippen molar-refractivity contribution in [2.45, 2.75) is 39.7 Å². The van der Waals surface area contributed by atoms with E-state index in [1.807, 2.05) is 4.57 Å². The van der Waals surface area contributed by atoms with E-state index in [-0.39, 0.29) is 6.04 Å². The van der Waals surface area contributed by atoms with Crippen LogP contribution in [0.15, 0.2) is 24.3 Å². The zero-order valence-corrected chi connectivity index (χ0v) is 11.9. The number of aryl methyl sites for hydroxylation is 1. The molecule has 1 heterocycles. The molecule has 96 valence electrons. The predicted octanol–water partition coefficient (Wildman–Crippen LogP) is 3.97. The van der Waals surface area contributed by atoms with Crippen molar-refractivity contribution in [2.24, 2.45) is 0 Å². The second-order valence-corrected chi connectivity index (χ2v) is 5.28. The minimum atomic E-state index is 0.144. The molecular formula is C14H18ClN3.